The van der Waals surface area contributed by atoms with E-state index in [1.807, 2.05) is 4.90 Å². The second-order valence-corrected chi connectivity index (χ2v) is 7.11. The number of β-amino-alcohol motifs (C(OH)–C–C–N with tert-alkyl or cyclic N) is 1. The smallest absolute Gasteiger partial charge is 0.417 e. The van der Waals surface area contributed by atoms with Crippen molar-refractivity contribution in [3.8, 4) is 0 Å². The molecule has 154 valence electrons. The summed E-state index contributed by atoms with van der Waals surface area (Å²) in [5.74, 6) is 0.696. The molecule has 1 unspecified atom stereocenters. The van der Waals surface area contributed by atoms with Crippen LogP contribution in [0.3, 0.4) is 0 Å². The number of benzene rings is 1. The molecule has 3 rings (SSSR count). The minimum atomic E-state index is -4.48. The maximum Gasteiger partial charge on any atom is 0.417 e. The van der Waals surface area contributed by atoms with Crippen molar-refractivity contribution < 1.29 is 27.4 Å². The molecule has 0 saturated carbocycles. The zero-order valence-corrected chi connectivity index (χ0v) is 15.9. The lowest BCUT2D eigenvalue weighted by Gasteiger charge is -2.37. The summed E-state index contributed by atoms with van der Waals surface area (Å²) in [6.45, 7) is 3.35. The van der Waals surface area contributed by atoms with Crippen LogP contribution in [0.15, 0.2) is 41.0 Å². The molecule has 1 aliphatic heterocycles. The molecule has 0 radical (unpaired) electrons. The van der Waals surface area contributed by atoms with Crippen LogP contribution in [0.2, 0.25) is 5.02 Å². The topological polar surface area (TPSA) is 49.1 Å². The van der Waals surface area contributed by atoms with Gasteiger partial charge in [-0.2, -0.15) is 13.2 Å². The quantitative estimate of drug-likeness (QED) is 0.743. The molecule has 1 atom stereocenters. The molecule has 0 spiro atoms. The molecule has 5 nitrogen and oxygen atoms in total. The third kappa shape index (κ3) is 5.64. The van der Waals surface area contributed by atoms with E-state index >= 15 is 0 Å². The van der Waals surface area contributed by atoms with Gasteiger partial charge in [-0.15, -0.1) is 0 Å². The Labute approximate surface area is 166 Å². The van der Waals surface area contributed by atoms with E-state index in [-0.39, 0.29) is 11.6 Å². The van der Waals surface area contributed by atoms with Crippen LogP contribution in [0, 0.1) is 0 Å². The molecular weight excluding hydrogens is 397 g/mol. The van der Waals surface area contributed by atoms with Crippen LogP contribution in [-0.4, -0.2) is 55.4 Å². The summed E-state index contributed by atoms with van der Waals surface area (Å²) in [6, 6.07) is 7.55. The molecule has 0 amide bonds. The molecule has 28 heavy (non-hydrogen) atoms. The van der Waals surface area contributed by atoms with Crippen molar-refractivity contribution in [2.75, 3.05) is 44.2 Å². The Morgan fingerprint density at radius 3 is 2.57 bits per heavy atom. The van der Waals surface area contributed by atoms with Crippen LogP contribution in [0.25, 0.3) is 0 Å². The fourth-order valence-electron chi connectivity index (χ4n) is 3.16. The van der Waals surface area contributed by atoms with Crippen molar-refractivity contribution in [3.63, 3.8) is 0 Å². The first-order valence-corrected chi connectivity index (χ1v) is 9.33. The molecule has 2 aromatic rings. The highest BCUT2D eigenvalue weighted by molar-refractivity contribution is 6.31. The number of ether oxygens (including phenoxy) is 1. The Morgan fingerprint density at radius 1 is 1.18 bits per heavy atom. The summed E-state index contributed by atoms with van der Waals surface area (Å²) in [6.07, 6.45) is -3.56. The molecule has 1 aromatic carbocycles. The fraction of sp³-hybridized carbons (Fsp3) is 0.474. The lowest BCUT2D eigenvalue weighted by Crippen LogP contribution is -2.49. The van der Waals surface area contributed by atoms with Crippen LogP contribution in [-0.2, 0) is 17.5 Å². The van der Waals surface area contributed by atoms with Gasteiger partial charge in [0, 0.05) is 38.4 Å². The number of hydrogen-bond acceptors (Lipinski definition) is 5. The molecule has 1 saturated heterocycles. The summed E-state index contributed by atoms with van der Waals surface area (Å²) >= 11 is 5.68. The second kappa shape index (κ2) is 9.17. The van der Waals surface area contributed by atoms with Crippen LogP contribution in [0.1, 0.15) is 11.3 Å². The normalized spacial score (nSPS) is 17.1. The van der Waals surface area contributed by atoms with Gasteiger partial charge in [-0.05, 0) is 30.3 Å². The molecule has 1 aliphatic rings. The van der Waals surface area contributed by atoms with Crippen molar-refractivity contribution in [1.82, 2.24) is 4.90 Å². The molecule has 1 N–H and O–H groups in total. The van der Waals surface area contributed by atoms with Gasteiger partial charge in [0.1, 0.15) is 12.4 Å². The first-order valence-electron chi connectivity index (χ1n) is 8.95. The number of rotatable bonds is 7. The van der Waals surface area contributed by atoms with E-state index in [1.165, 1.54) is 6.07 Å². The Bertz CT molecular complexity index is 747. The van der Waals surface area contributed by atoms with Gasteiger partial charge in [0.05, 0.1) is 29.6 Å². The standard InChI is InChI=1S/C19H22ClF3N2O3/c20-18-4-3-14(10-17(18)19(21,22)23)25-7-5-24(6-8-25)11-15(26)12-27-13-16-2-1-9-28-16/h1-4,9-10,15,26H,5-8,11-13H2. The van der Waals surface area contributed by atoms with Crippen molar-refractivity contribution in [2.24, 2.45) is 0 Å². The van der Waals surface area contributed by atoms with E-state index in [2.05, 4.69) is 4.90 Å². The van der Waals surface area contributed by atoms with Crippen LogP contribution in [0.5, 0.6) is 0 Å². The molecule has 2 heterocycles. The second-order valence-electron chi connectivity index (χ2n) is 6.70. The molecule has 1 fully saturated rings. The number of alkyl halides is 3. The highest BCUT2D eigenvalue weighted by atomic mass is 35.5. The number of aliphatic hydroxyl groups excluding tert-OH is 1. The van der Waals surface area contributed by atoms with Gasteiger partial charge in [0.15, 0.2) is 0 Å². The number of piperazine rings is 1. The van der Waals surface area contributed by atoms with E-state index in [0.717, 1.165) is 6.07 Å². The summed E-state index contributed by atoms with van der Waals surface area (Å²) in [5.41, 5.74) is -0.322. The third-order valence-electron chi connectivity index (χ3n) is 4.60. The monoisotopic (exact) mass is 418 g/mol. The average Bonchev–Trinajstić information content (AvgIpc) is 3.15. The van der Waals surface area contributed by atoms with E-state index in [1.54, 1.807) is 24.5 Å². The summed E-state index contributed by atoms with van der Waals surface area (Å²) in [5, 5.41) is 9.82. The maximum absolute atomic E-state index is 13.0. The summed E-state index contributed by atoms with van der Waals surface area (Å²) < 4.78 is 49.7. The lowest BCUT2D eigenvalue weighted by atomic mass is 10.1. The van der Waals surface area contributed by atoms with Crippen LogP contribution < -0.4 is 4.90 Å². The molecular formula is C19H22ClF3N2O3. The zero-order chi connectivity index (χ0) is 20.1. The predicted octanol–water partition coefficient (Wildman–Crippen LogP) is 3.65. The number of anilines is 1. The fourth-order valence-corrected chi connectivity index (χ4v) is 3.38. The maximum atomic E-state index is 13.0. The first-order chi connectivity index (χ1) is 13.3. The SMILES string of the molecule is OC(COCc1ccco1)CN1CCN(c2ccc(Cl)c(C(F)(F)F)c2)CC1. The predicted molar refractivity (Wildman–Crippen MR) is 99.5 cm³/mol. The first kappa shape index (κ1) is 21.0. The number of furan rings is 1. The van der Waals surface area contributed by atoms with Gasteiger partial charge in [0.2, 0.25) is 0 Å². The Morgan fingerprint density at radius 2 is 1.93 bits per heavy atom. The molecule has 1 aromatic heterocycles. The molecule has 9 heteroatoms. The Hall–Kier alpha value is -1.74. The number of halogens is 4. The van der Waals surface area contributed by atoms with Gasteiger partial charge in [0.25, 0.3) is 0 Å². The Kier molecular flexibility index (Phi) is 6.87. The number of hydrogen-bond donors (Lipinski definition) is 1. The third-order valence-corrected chi connectivity index (χ3v) is 4.93. The van der Waals surface area contributed by atoms with E-state index in [4.69, 9.17) is 20.8 Å². The van der Waals surface area contributed by atoms with E-state index < -0.39 is 17.8 Å². The minimum absolute atomic E-state index is 0.188. The molecule has 0 bridgehead atoms. The summed E-state index contributed by atoms with van der Waals surface area (Å²) in [4.78, 5) is 3.96. The molecule has 0 aliphatic carbocycles. The van der Waals surface area contributed by atoms with E-state index in [0.29, 0.717) is 50.8 Å². The lowest BCUT2D eigenvalue weighted by molar-refractivity contribution is -0.137. The van der Waals surface area contributed by atoms with Gasteiger partial charge in [-0.25, -0.2) is 0 Å². The number of nitrogens with zero attached hydrogens (tertiary/aromatic N) is 2. The van der Waals surface area contributed by atoms with Crippen molar-refractivity contribution >= 4 is 17.3 Å². The zero-order valence-electron chi connectivity index (χ0n) is 15.2. The van der Waals surface area contributed by atoms with Crippen molar-refractivity contribution in [1.29, 1.82) is 0 Å². The highest BCUT2D eigenvalue weighted by Gasteiger charge is 2.34. The van der Waals surface area contributed by atoms with Crippen molar-refractivity contribution in [3.05, 3.63) is 52.9 Å². The minimum Gasteiger partial charge on any atom is -0.467 e. The van der Waals surface area contributed by atoms with Crippen LogP contribution >= 0.6 is 11.6 Å². The van der Waals surface area contributed by atoms with Crippen molar-refractivity contribution in [2.45, 2.75) is 18.9 Å². The number of aliphatic hydroxyl groups is 1. The largest absolute Gasteiger partial charge is 0.467 e. The van der Waals surface area contributed by atoms with Gasteiger partial charge in [-0.1, -0.05) is 11.6 Å². The van der Waals surface area contributed by atoms with E-state index in [9.17, 15) is 18.3 Å². The Balaban J connectivity index is 1.45. The average molecular weight is 419 g/mol. The van der Waals surface area contributed by atoms with Gasteiger partial charge >= 0.3 is 6.18 Å². The van der Waals surface area contributed by atoms with Gasteiger partial charge in [-0.3, -0.25) is 4.90 Å². The van der Waals surface area contributed by atoms with Gasteiger partial charge < -0.3 is 19.2 Å². The van der Waals surface area contributed by atoms with Crippen LogP contribution in [0.4, 0.5) is 18.9 Å². The summed E-state index contributed by atoms with van der Waals surface area (Å²) in [7, 11) is 0. The highest BCUT2D eigenvalue weighted by Crippen LogP contribution is 2.37.